The fourth-order valence-electron chi connectivity index (χ4n) is 6.20. The molecule has 41 heavy (non-hydrogen) atoms. The normalized spacial score (nSPS) is 27.4. The summed E-state index contributed by atoms with van der Waals surface area (Å²) in [5, 5.41) is 2.58. The third kappa shape index (κ3) is 6.58. The molecule has 0 saturated carbocycles. The molecule has 4 nitrogen and oxygen atoms in total. The second-order valence-corrected chi connectivity index (χ2v) is 23.9. The van der Waals surface area contributed by atoms with Crippen molar-refractivity contribution >= 4 is 27.0 Å². The molecule has 0 spiro atoms. The molecule has 0 radical (unpaired) electrons. The van der Waals surface area contributed by atoms with Gasteiger partial charge in [0.1, 0.15) is 12.2 Å². The molecule has 0 amide bonds. The summed E-state index contributed by atoms with van der Waals surface area (Å²) in [6, 6.07) is 21.5. The van der Waals surface area contributed by atoms with Crippen LogP contribution in [-0.4, -0.2) is 47.3 Å². The lowest BCUT2D eigenvalue weighted by molar-refractivity contribution is -0.209. The Morgan fingerprint density at radius 2 is 1.46 bits per heavy atom. The Morgan fingerprint density at radius 1 is 0.927 bits per heavy atom. The maximum absolute atomic E-state index is 7.09. The van der Waals surface area contributed by atoms with Gasteiger partial charge in [0.2, 0.25) is 0 Å². The second-order valence-electron chi connectivity index (χ2n) is 14.8. The molecular weight excluding hydrogens is 541 g/mol. The van der Waals surface area contributed by atoms with Crippen molar-refractivity contribution in [3.05, 3.63) is 85.0 Å². The molecule has 0 aromatic heterocycles. The minimum atomic E-state index is -2.64. The summed E-state index contributed by atoms with van der Waals surface area (Å²) < 4.78 is 27.1. The lowest BCUT2D eigenvalue weighted by Crippen LogP contribution is -2.66. The molecule has 0 N–H and O–H groups in total. The molecule has 2 aromatic carbocycles. The summed E-state index contributed by atoms with van der Waals surface area (Å²) >= 11 is 0. The molecule has 0 aliphatic carbocycles. The fourth-order valence-corrected chi connectivity index (χ4v) is 12.2. The zero-order valence-electron chi connectivity index (χ0n) is 27.0. The average molecular weight is 593 g/mol. The van der Waals surface area contributed by atoms with E-state index in [0.29, 0.717) is 12.5 Å². The standard InChI is InChI=1S/C35H52O4Si2/c1-26(25-36-41(34(6,7)8,28-18-14-12-15-19-28)29-20-16-13-17-21-29)22-23-30-32-31(39-40(10,11)33(3,4)5)27(2)24-35(9,37-30)38-32/h12-23,27,30-32H,1,24-25H2,2-11H3/b23-22+/t27-,30+,31-,32+,35+/m1/s1. The number of ether oxygens (including phenoxy) is 2. The van der Waals surface area contributed by atoms with Gasteiger partial charge in [-0.1, -0.05) is 128 Å². The predicted molar refractivity (Wildman–Crippen MR) is 176 cm³/mol. The molecule has 6 heteroatoms. The molecular formula is C35H52O4Si2. The van der Waals surface area contributed by atoms with Crippen LogP contribution in [0.3, 0.4) is 0 Å². The molecule has 2 aliphatic rings. The minimum absolute atomic E-state index is 0.00254. The van der Waals surface area contributed by atoms with Gasteiger partial charge in [-0.2, -0.15) is 0 Å². The van der Waals surface area contributed by atoms with E-state index >= 15 is 0 Å². The quantitative estimate of drug-likeness (QED) is 0.222. The minimum Gasteiger partial charge on any atom is -0.411 e. The van der Waals surface area contributed by atoms with E-state index in [9.17, 15) is 0 Å². The van der Waals surface area contributed by atoms with Gasteiger partial charge in [-0.15, -0.1) is 0 Å². The highest BCUT2D eigenvalue weighted by Gasteiger charge is 2.56. The van der Waals surface area contributed by atoms with Gasteiger partial charge in [0.25, 0.3) is 8.32 Å². The van der Waals surface area contributed by atoms with Crippen molar-refractivity contribution in [3.63, 3.8) is 0 Å². The van der Waals surface area contributed by atoms with Crippen LogP contribution in [0.25, 0.3) is 0 Å². The Kier molecular flexibility index (Phi) is 9.17. The highest BCUT2D eigenvalue weighted by Crippen LogP contribution is 2.47. The predicted octanol–water partition coefficient (Wildman–Crippen LogP) is 7.61. The SMILES string of the molecule is C=C(/C=C/[C@@H]1O[C@]2(C)C[C@@H](C)[C@@H](O[Si](C)(C)C(C)(C)C)[C@H]1O2)CO[Si](c1ccccc1)(c1ccccc1)C(C)(C)C. The molecule has 2 heterocycles. The summed E-state index contributed by atoms with van der Waals surface area (Å²) in [5.74, 6) is -0.230. The summed E-state index contributed by atoms with van der Waals surface area (Å²) in [6.45, 7) is 27.6. The Labute approximate surface area is 251 Å². The molecule has 4 rings (SSSR count). The van der Waals surface area contributed by atoms with E-state index in [-0.39, 0.29) is 28.4 Å². The van der Waals surface area contributed by atoms with Crippen LogP contribution in [0.1, 0.15) is 61.8 Å². The number of rotatable bonds is 9. The lowest BCUT2D eigenvalue weighted by Gasteiger charge is -2.45. The van der Waals surface area contributed by atoms with Crippen molar-refractivity contribution in [2.24, 2.45) is 5.92 Å². The van der Waals surface area contributed by atoms with Gasteiger partial charge in [-0.05, 0) is 52.0 Å². The Balaban J connectivity index is 1.55. The maximum atomic E-state index is 7.09. The van der Waals surface area contributed by atoms with Gasteiger partial charge >= 0.3 is 0 Å². The van der Waals surface area contributed by atoms with Gasteiger partial charge in [0, 0.05) is 6.42 Å². The molecule has 0 unspecified atom stereocenters. The van der Waals surface area contributed by atoms with E-state index in [1.54, 1.807) is 0 Å². The van der Waals surface area contributed by atoms with Gasteiger partial charge in [0.05, 0.1) is 12.7 Å². The largest absolute Gasteiger partial charge is 0.411 e. The van der Waals surface area contributed by atoms with Crippen LogP contribution < -0.4 is 10.4 Å². The Bertz CT molecular complexity index is 1170. The second kappa shape index (κ2) is 11.7. The van der Waals surface area contributed by atoms with Gasteiger partial charge in [-0.25, -0.2) is 0 Å². The van der Waals surface area contributed by atoms with Crippen molar-refractivity contribution in [1.29, 1.82) is 0 Å². The average Bonchev–Trinajstić information content (AvgIpc) is 3.17. The molecule has 2 bridgehead atoms. The zero-order valence-corrected chi connectivity index (χ0v) is 29.0. The maximum Gasteiger partial charge on any atom is 0.261 e. The summed E-state index contributed by atoms with van der Waals surface area (Å²) in [6.07, 6.45) is 4.69. The first-order valence-corrected chi connectivity index (χ1v) is 20.0. The summed E-state index contributed by atoms with van der Waals surface area (Å²) in [4.78, 5) is 0. The topological polar surface area (TPSA) is 36.9 Å². The van der Waals surface area contributed by atoms with Gasteiger partial charge in [-0.3, -0.25) is 0 Å². The number of benzene rings is 2. The van der Waals surface area contributed by atoms with Crippen LogP contribution in [0.5, 0.6) is 0 Å². The number of hydrogen-bond donors (Lipinski definition) is 0. The number of hydrogen-bond acceptors (Lipinski definition) is 4. The Hall–Kier alpha value is -1.81. The van der Waals surface area contributed by atoms with Crippen LogP contribution in [0, 0.1) is 5.92 Å². The van der Waals surface area contributed by atoms with E-state index in [2.05, 4.69) is 148 Å². The van der Waals surface area contributed by atoms with E-state index < -0.39 is 22.4 Å². The van der Waals surface area contributed by atoms with Gasteiger partial charge in [0.15, 0.2) is 14.1 Å². The smallest absolute Gasteiger partial charge is 0.261 e. The van der Waals surface area contributed by atoms with Crippen LogP contribution >= 0.6 is 0 Å². The monoisotopic (exact) mass is 592 g/mol. The molecule has 2 fully saturated rings. The molecule has 2 aliphatic heterocycles. The van der Waals surface area contributed by atoms with Gasteiger partial charge < -0.3 is 18.3 Å². The van der Waals surface area contributed by atoms with Crippen LogP contribution in [0.15, 0.2) is 85.0 Å². The van der Waals surface area contributed by atoms with Crippen LogP contribution in [0.2, 0.25) is 23.2 Å². The number of fused-ring (bicyclic) bond motifs is 2. The Morgan fingerprint density at radius 3 is 1.95 bits per heavy atom. The first-order chi connectivity index (χ1) is 19.0. The first kappa shape index (κ1) is 32.1. The lowest BCUT2D eigenvalue weighted by atomic mass is 9.89. The van der Waals surface area contributed by atoms with Crippen molar-refractivity contribution < 1.29 is 18.3 Å². The third-order valence-electron chi connectivity index (χ3n) is 9.32. The first-order valence-electron chi connectivity index (χ1n) is 15.1. The van der Waals surface area contributed by atoms with E-state index in [4.69, 9.17) is 18.3 Å². The van der Waals surface area contributed by atoms with Crippen LogP contribution in [0.4, 0.5) is 0 Å². The third-order valence-corrected chi connectivity index (χ3v) is 18.8. The van der Waals surface area contributed by atoms with Crippen LogP contribution in [-0.2, 0) is 18.3 Å². The van der Waals surface area contributed by atoms with Crippen molar-refractivity contribution in [2.45, 2.75) is 109 Å². The highest BCUT2D eigenvalue weighted by atomic mass is 28.4. The molecule has 5 atom stereocenters. The fraction of sp³-hybridized carbons (Fsp3) is 0.543. The summed E-state index contributed by atoms with van der Waals surface area (Å²) in [5.41, 5.74) is 0.920. The van der Waals surface area contributed by atoms with Crippen molar-refractivity contribution in [1.82, 2.24) is 0 Å². The molecule has 2 saturated heterocycles. The molecule has 2 aromatic rings. The van der Waals surface area contributed by atoms with Crippen molar-refractivity contribution in [3.8, 4) is 0 Å². The van der Waals surface area contributed by atoms with Crippen molar-refractivity contribution in [2.75, 3.05) is 6.61 Å². The highest BCUT2D eigenvalue weighted by molar-refractivity contribution is 6.99. The van der Waals surface area contributed by atoms with E-state index in [1.165, 1.54) is 10.4 Å². The summed E-state index contributed by atoms with van der Waals surface area (Å²) in [7, 11) is -4.62. The zero-order chi connectivity index (χ0) is 30.3. The molecule has 224 valence electrons. The van der Waals surface area contributed by atoms with E-state index in [1.807, 2.05) is 0 Å². The van der Waals surface area contributed by atoms with E-state index in [0.717, 1.165) is 12.0 Å².